The van der Waals surface area contributed by atoms with Crippen LogP contribution < -0.4 is 5.32 Å². The van der Waals surface area contributed by atoms with Gasteiger partial charge in [-0.1, -0.05) is 17.7 Å². The molecule has 0 aliphatic rings. The Hall–Kier alpha value is -0.980. The van der Waals surface area contributed by atoms with Gasteiger partial charge in [0.15, 0.2) is 0 Å². The van der Waals surface area contributed by atoms with Gasteiger partial charge in [0.25, 0.3) is 0 Å². The van der Waals surface area contributed by atoms with Crippen LogP contribution in [-0.4, -0.2) is 20.1 Å². The highest BCUT2D eigenvalue weighted by atomic mass is 35.7. The van der Waals surface area contributed by atoms with Crippen LogP contribution in [0.2, 0.25) is 5.02 Å². The summed E-state index contributed by atoms with van der Waals surface area (Å²) < 4.78 is 27.1. The molecule has 5 nitrogen and oxygen atoms in total. The minimum atomic E-state index is -3.68. The lowest BCUT2D eigenvalue weighted by Crippen LogP contribution is -2.27. The molecule has 0 saturated carbocycles. The van der Waals surface area contributed by atoms with E-state index in [1.54, 1.807) is 20.8 Å². The van der Waals surface area contributed by atoms with Crippen LogP contribution in [0.5, 0.6) is 0 Å². The molecular weight excluding hydrogens is 325 g/mol. The van der Waals surface area contributed by atoms with Gasteiger partial charge in [0.2, 0.25) is 9.05 Å². The normalized spacial score (nSPS) is 12.1. The SMILES string of the molecule is CC(C)(C)OC(=O)Nc1ccc(CS(=O)(=O)Cl)c(Cl)c1. The lowest BCUT2D eigenvalue weighted by atomic mass is 10.2. The van der Waals surface area contributed by atoms with Gasteiger partial charge >= 0.3 is 6.09 Å². The molecule has 0 unspecified atom stereocenters. The van der Waals surface area contributed by atoms with Crippen LogP contribution in [-0.2, 0) is 19.5 Å². The molecule has 1 aromatic rings. The van der Waals surface area contributed by atoms with Crippen LogP contribution in [0.4, 0.5) is 10.5 Å². The maximum Gasteiger partial charge on any atom is 0.412 e. The number of nitrogens with one attached hydrogen (secondary N) is 1. The smallest absolute Gasteiger partial charge is 0.412 e. The van der Waals surface area contributed by atoms with Crippen molar-refractivity contribution in [1.29, 1.82) is 0 Å². The predicted octanol–water partition coefficient (Wildman–Crippen LogP) is 3.76. The fourth-order valence-electron chi connectivity index (χ4n) is 1.35. The Kier molecular flexibility index (Phi) is 5.29. The van der Waals surface area contributed by atoms with E-state index >= 15 is 0 Å². The van der Waals surface area contributed by atoms with Crippen molar-refractivity contribution >= 4 is 43.1 Å². The summed E-state index contributed by atoms with van der Waals surface area (Å²) in [5.74, 6) is -0.375. The van der Waals surface area contributed by atoms with Crippen molar-refractivity contribution in [1.82, 2.24) is 0 Å². The molecule has 0 fully saturated rings. The number of halogens is 2. The minimum absolute atomic E-state index is 0.197. The average molecular weight is 340 g/mol. The molecule has 0 saturated heterocycles. The fraction of sp³-hybridized carbons (Fsp3) is 0.417. The number of ether oxygens (including phenoxy) is 1. The Labute approximate surface area is 127 Å². The third-order valence-corrected chi connectivity index (χ3v) is 3.36. The zero-order valence-electron chi connectivity index (χ0n) is 11.2. The summed E-state index contributed by atoms with van der Waals surface area (Å²) in [4.78, 5) is 11.6. The van der Waals surface area contributed by atoms with E-state index in [2.05, 4.69) is 5.32 Å². The lowest BCUT2D eigenvalue weighted by molar-refractivity contribution is 0.0636. The molecule has 1 rings (SSSR count). The van der Waals surface area contributed by atoms with Crippen molar-refractivity contribution in [2.75, 3.05) is 5.32 Å². The summed E-state index contributed by atoms with van der Waals surface area (Å²) in [6.07, 6.45) is -0.619. The highest BCUT2D eigenvalue weighted by Crippen LogP contribution is 2.24. The second kappa shape index (κ2) is 6.20. The van der Waals surface area contributed by atoms with Crippen molar-refractivity contribution in [3.05, 3.63) is 28.8 Å². The fourth-order valence-corrected chi connectivity index (χ4v) is 2.65. The second-order valence-corrected chi connectivity index (χ2v) is 8.30. The van der Waals surface area contributed by atoms with E-state index in [1.807, 2.05) is 0 Å². The van der Waals surface area contributed by atoms with Gasteiger partial charge in [-0.2, -0.15) is 0 Å². The van der Waals surface area contributed by atoms with Crippen LogP contribution in [0.3, 0.4) is 0 Å². The highest BCUT2D eigenvalue weighted by Gasteiger charge is 2.17. The number of carbonyl (C=O) groups excluding carboxylic acids is 1. The molecule has 20 heavy (non-hydrogen) atoms. The van der Waals surface area contributed by atoms with Crippen molar-refractivity contribution in [2.45, 2.75) is 32.1 Å². The van der Waals surface area contributed by atoms with E-state index in [-0.39, 0.29) is 10.8 Å². The van der Waals surface area contributed by atoms with E-state index < -0.39 is 20.7 Å². The maximum absolute atomic E-state index is 11.6. The Balaban J connectivity index is 2.80. The number of amides is 1. The van der Waals surface area contributed by atoms with Crippen LogP contribution >= 0.6 is 22.3 Å². The number of anilines is 1. The van der Waals surface area contributed by atoms with E-state index in [9.17, 15) is 13.2 Å². The first-order valence-corrected chi connectivity index (χ1v) is 8.53. The average Bonchev–Trinajstić information content (AvgIpc) is 2.17. The van der Waals surface area contributed by atoms with Crippen molar-refractivity contribution < 1.29 is 17.9 Å². The minimum Gasteiger partial charge on any atom is -0.444 e. The topological polar surface area (TPSA) is 72.5 Å². The van der Waals surface area contributed by atoms with Gasteiger partial charge < -0.3 is 4.74 Å². The number of hydrogen-bond acceptors (Lipinski definition) is 4. The summed E-state index contributed by atoms with van der Waals surface area (Å²) in [5.41, 5.74) is 0.150. The van der Waals surface area contributed by atoms with Crippen LogP contribution in [0.15, 0.2) is 18.2 Å². The second-order valence-electron chi connectivity index (χ2n) is 5.12. The van der Waals surface area contributed by atoms with Crippen molar-refractivity contribution in [3.63, 3.8) is 0 Å². The van der Waals surface area contributed by atoms with Gasteiger partial charge in [-0.3, -0.25) is 5.32 Å². The Morgan fingerprint density at radius 3 is 2.40 bits per heavy atom. The molecule has 0 aliphatic heterocycles. The molecule has 1 amide bonds. The van der Waals surface area contributed by atoms with Crippen LogP contribution in [0, 0.1) is 0 Å². The third-order valence-electron chi connectivity index (χ3n) is 2.03. The molecule has 1 N–H and O–H groups in total. The van der Waals surface area contributed by atoms with Gasteiger partial charge in [-0.25, -0.2) is 13.2 Å². The zero-order valence-corrected chi connectivity index (χ0v) is 13.6. The molecule has 0 bridgehead atoms. The Morgan fingerprint density at radius 1 is 1.35 bits per heavy atom. The highest BCUT2D eigenvalue weighted by molar-refractivity contribution is 8.13. The van der Waals surface area contributed by atoms with E-state index in [1.165, 1.54) is 18.2 Å². The summed E-state index contributed by atoms with van der Waals surface area (Å²) in [7, 11) is 1.48. The largest absolute Gasteiger partial charge is 0.444 e. The van der Waals surface area contributed by atoms with Crippen LogP contribution in [0.25, 0.3) is 0 Å². The Bertz CT molecular complexity index is 608. The molecule has 0 atom stereocenters. The monoisotopic (exact) mass is 339 g/mol. The molecule has 0 radical (unpaired) electrons. The number of rotatable bonds is 3. The van der Waals surface area contributed by atoms with Gasteiger partial charge in [0.1, 0.15) is 5.60 Å². The first-order valence-electron chi connectivity index (χ1n) is 5.67. The summed E-state index contributed by atoms with van der Waals surface area (Å²) >= 11 is 5.94. The summed E-state index contributed by atoms with van der Waals surface area (Å²) in [6.45, 7) is 5.23. The van der Waals surface area contributed by atoms with Gasteiger partial charge in [-0.15, -0.1) is 0 Å². The van der Waals surface area contributed by atoms with Crippen molar-refractivity contribution in [2.24, 2.45) is 0 Å². The standard InChI is InChI=1S/C12H15Cl2NO4S/c1-12(2,3)19-11(16)15-9-5-4-8(10(13)6-9)7-20(14,17)18/h4-6H,7H2,1-3H3,(H,15,16). The number of carbonyl (C=O) groups is 1. The predicted molar refractivity (Wildman–Crippen MR) is 79.8 cm³/mol. The zero-order chi connectivity index (χ0) is 15.6. The van der Waals surface area contributed by atoms with E-state index in [0.717, 1.165) is 0 Å². The molecule has 0 spiro atoms. The molecular formula is C12H15Cl2NO4S. The first kappa shape index (κ1) is 17.1. The quantitative estimate of drug-likeness (QED) is 0.851. The summed E-state index contributed by atoms with van der Waals surface area (Å²) in [6, 6.07) is 4.44. The van der Waals surface area contributed by atoms with Gasteiger partial charge in [0.05, 0.1) is 5.75 Å². The first-order chi connectivity index (χ1) is 8.96. The molecule has 8 heteroatoms. The summed E-state index contributed by atoms with van der Waals surface area (Å²) in [5, 5.41) is 2.70. The number of benzene rings is 1. The third kappa shape index (κ3) is 6.45. The molecule has 0 aromatic heterocycles. The van der Waals surface area contributed by atoms with Crippen LogP contribution in [0.1, 0.15) is 26.3 Å². The molecule has 1 aromatic carbocycles. The molecule has 112 valence electrons. The molecule has 0 heterocycles. The van der Waals surface area contributed by atoms with Gasteiger partial charge in [-0.05, 0) is 38.5 Å². The maximum atomic E-state index is 11.6. The van der Waals surface area contributed by atoms with Crippen molar-refractivity contribution in [3.8, 4) is 0 Å². The van der Waals surface area contributed by atoms with Gasteiger partial charge in [0, 0.05) is 21.4 Å². The number of hydrogen-bond donors (Lipinski definition) is 1. The van der Waals surface area contributed by atoms with E-state index in [4.69, 9.17) is 27.0 Å². The van der Waals surface area contributed by atoms with E-state index in [0.29, 0.717) is 11.3 Å². The Morgan fingerprint density at radius 2 is 1.95 bits per heavy atom. The molecule has 0 aliphatic carbocycles. The lowest BCUT2D eigenvalue weighted by Gasteiger charge is -2.19.